The smallest absolute Gasteiger partial charge is 0.216 e. The van der Waals surface area contributed by atoms with Crippen LogP contribution in [0, 0.1) is 20.8 Å². The molecule has 0 fully saturated rings. The van der Waals surface area contributed by atoms with Crippen LogP contribution in [0.15, 0.2) is 10.6 Å². The van der Waals surface area contributed by atoms with Crippen molar-refractivity contribution in [2.75, 3.05) is 5.73 Å². The molecular weight excluding hydrogens is 192 g/mol. The number of aryl methyl sites for hydroxylation is 2. The lowest BCUT2D eigenvalue weighted by Gasteiger charge is -2.00. The number of nitrogens with zero attached hydrogens (tertiary/aromatic N) is 3. The van der Waals surface area contributed by atoms with E-state index in [2.05, 4.69) is 10.1 Å². The van der Waals surface area contributed by atoms with E-state index in [1.807, 2.05) is 20.8 Å². The second-order valence-corrected chi connectivity index (χ2v) is 3.61. The summed E-state index contributed by atoms with van der Waals surface area (Å²) in [4.78, 5) is 4.12. The minimum Gasteiger partial charge on any atom is -0.444 e. The molecule has 0 saturated carbocycles. The Morgan fingerprint density at radius 2 is 2.13 bits per heavy atom. The van der Waals surface area contributed by atoms with E-state index in [0.29, 0.717) is 12.4 Å². The molecule has 15 heavy (non-hydrogen) atoms. The van der Waals surface area contributed by atoms with E-state index in [-0.39, 0.29) is 0 Å². The van der Waals surface area contributed by atoms with Crippen molar-refractivity contribution < 1.29 is 4.42 Å². The van der Waals surface area contributed by atoms with E-state index in [0.717, 1.165) is 22.8 Å². The molecule has 0 bridgehead atoms. The summed E-state index contributed by atoms with van der Waals surface area (Å²) in [6.45, 7) is 6.22. The van der Waals surface area contributed by atoms with Crippen molar-refractivity contribution in [2.45, 2.75) is 27.3 Å². The number of rotatable bonds is 2. The molecule has 0 atom stereocenters. The molecule has 80 valence electrons. The van der Waals surface area contributed by atoms with E-state index in [4.69, 9.17) is 10.2 Å². The predicted molar refractivity (Wildman–Crippen MR) is 56.5 cm³/mol. The summed E-state index contributed by atoms with van der Waals surface area (Å²) < 4.78 is 7.18. The third-order valence-corrected chi connectivity index (χ3v) is 2.39. The van der Waals surface area contributed by atoms with Gasteiger partial charge < -0.3 is 10.2 Å². The van der Waals surface area contributed by atoms with Crippen LogP contribution in [0.3, 0.4) is 0 Å². The maximum Gasteiger partial charge on any atom is 0.216 e. The van der Waals surface area contributed by atoms with Gasteiger partial charge in [-0.1, -0.05) is 0 Å². The summed E-state index contributed by atoms with van der Waals surface area (Å²) in [5, 5.41) is 4.31. The van der Waals surface area contributed by atoms with Crippen LogP contribution < -0.4 is 5.73 Å². The summed E-state index contributed by atoms with van der Waals surface area (Å²) in [5.41, 5.74) is 8.35. The number of nitrogen functional groups attached to an aromatic ring is 1. The number of hydrogen-bond acceptors (Lipinski definition) is 4. The molecule has 2 heterocycles. The zero-order valence-corrected chi connectivity index (χ0v) is 9.11. The zero-order valence-electron chi connectivity index (χ0n) is 9.11. The molecule has 2 N–H and O–H groups in total. The van der Waals surface area contributed by atoms with Crippen LogP contribution >= 0.6 is 0 Å². The highest BCUT2D eigenvalue weighted by molar-refractivity contribution is 5.46. The average molecular weight is 206 g/mol. The standard InChI is InChI=1S/C10H14N4O/c1-6-4-12-9(15-6)5-14-8(3)10(11)7(2)13-14/h4H,5,11H2,1-3H3. The molecule has 0 saturated heterocycles. The molecular formula is C10H14N4O. The van der Waals surface area contributed by atoms with Gasteiger partial charge in [0.05, 0.1) is 23.3 Å². The summed E-state index contributed by atoms with van der Waals surface area (Å²) in [5.74, 6) is 1.46. The van der Waals surface area contributed by atoms with Crippen molar-refractivity contribution in [3.63, 3.8) is 0 Å². The highest BCUT2D eigenvalue weighted by Crippen LogP contribution is 2.16. The molecule has 0 amide bonds. The second-order valence-electron chi connectivity index (χ2n) is 3.61. The molecule has 5 heteroatoms. The van der Waals surface area contributed by atoms with Crippen LogP contribution in [0.1, 0.15) is 23.0 Å². The molecule has 5 nitrogen and oxygen atoms in total. The number of anilines is 1. The van der Waals surface area contributed by atoms with Gasteiger partial charge in [0, 0.05) is 0 Å². The van der Waals surface area contributed by atoms with Crippen LogP contribution in [0.4, 0.5) is 5.69 Å². The van der Waals surface area contributed by atoms with E-state index < -0.39 is 0 Å². The fraction of sp³-hybridized carbons (Fsp3) is 0.400. The Labute approximate surface area is 87.9 Å². The van der Waals surface area contributed by atoms with Gasteiger partial charge in [0.1, 0.15) is 12.3 Å². The first-order valence-electron chi connectivity index (χ1n) is 4.78. The highest BCUT2D eigenvalue weighted by Gasteiger charge is 2.10. The average Bonchev–Trinajstić information content (AvgIpc) is 2.68. The highest BCUT2D eigenvalue weighted by atomic mass is 16.4. The lowest BCUT2D eigenvalue weighted by atomic mass is 10.3. The van der Waals surface area contributed by atoms with Gasteiger partial charge in [-0.2, -0.15) is 5.10 Å². The maximum absolute atomic E-state index is 5.83. The summed E-state index contributed by atoms with van der Waals surface area (Å²) in [6, 6.07) is 0. The van der Waals surface area contributed by atoms with Crippen LogP contribution in [-0.4, -0.2) is 14.8 Å². The number of nitrogens with two attached hydrogens (primary N) is 1. The number of aromatic nitrogens is 3. The lowest BCUT2D eigenvalue weighted by molar-refractivity contribution is 0.443. The SMILES string of the molecule is Cc1cnc(Cn2nc(C)c(N)c2C)o1. The summed E-state index contributed by atoms with van der Waals surface area (Å²) in [7, 11) is 0. The van der Waals surface area contributed by atoms with Crippen LogP contribution in [0.2, 0.25) is 0 Å². The fourth-order valence-electron chi connectivity index (χ4n) is 1.47. The zero-order chi connectivity index (χ0) is 11.0. The quantitative estimate of drug-likeness (QED) is 0.806. The molecule has 0 aliphatic carbocycles. The molecule has 0 radical (unpaired) electrons. The van der Waals surface area contributed by atoms with Gasteiger partial charge in [0.2, 0.25) is 5.89 Å². The molecule has 0 aliphatic heterocycles. The van der Waals surface area contributed by atoms with Gasteiger partial charge in [-0.3, -0.25) is 4.68 Å². The lowest BCUT2D eigenvalue weighted by Crippen LogP contribution is -2.04. The third kappa shape index (κ3) is 1.72. The van der Waals surface area contributed by atoms with Gasteiger partial charge in [-0.05, 0) is 20.8 Å². The molecule has 0 unspecified atom stereocenters. The first kappa shape index (κ1) is 9.76. The Morgan fingerprint density at radius 1 is 1.40 bits per heavy atom. The topological polar surface area (TPSA) is 69.9 Å². The normalized spacial score (nSPS) is 10.9. The molecule has 0 aliphatic rings. The van der Waals surface area contributed by atoms with E-state index in [1.54, 1.807) is 10.9 Å². The van der Waals surface area contributed by atoms with Gasteiger partial charge in [0.25, 0.3) is 0 Å². The Bertz CT molecular complexity index is 484. The monoisotopic (exact) mass is 206 g/mol. The minimum atomic E-state index is 0.526. The number of hydrogen-bond donors (Lipinski definition) is 1. The van der Waals surface area contributed by atoms with Crippen molar-refractivity contribution in [3.05, 3.63) is 29.2 Å². The van der Waals surface area contributed by atoms with E-state index in [1.165, 1.54) is 0 Å². The fourth-order valence-corrected chi connectivity index (χ4v) is 1.47. The van der Waals surface area contributed by atoms with Gasteiger partial charge in [-0.25, -0.2) is 4.98 Å². The Balaban J connectivity index is 2.28. The minimum absolute atomic E-state index is 0.526. The third-order valence-electron chi connectivity index (χ3n) is 2.39. The maximum atomic E-state index is 5.83. The predicted octanol–water partition coefficient (Wildman–Crippen LogP) is 1.43. The molecule has 2 aromatic rings. The van der Waals surface area contributed by atoms with Crippen LogP contribution in [-0.2, 0) is 6.54 Å². The van der Waals surface area contributed by atoms with E-state index >= 15 is 0 Å². The summed E-state index contributed by atoms with van der Waals surface area (Å²) >= 11 is 0. The van der Waals surface area contributed by atoms with E-state index in [9.17, 15) is 0 Å². The van der Waals surface area contributed by atoms with Crippen LogP contribution in [0.25, 0.3) is 0 Å². The molecule has 2 rings (SSSR count). The van der Waals surface area contributed by atoms with Gasteiger partial charge >= 0.3 is 0 Å². The van der Waals surface area contributed by atoms with Crippen molar-refractivity contribution in [3.8, 4) is 0 Å². The number of oxazole rings is 1. The van der Waals surface area contributed by atoms with Crippen molar-refractivity contribution >= 4 is 5.69 Å². The molecule has 2 aromatic heterocycles. The summed E-state index contributed by atoms with van der Waals surface area (Å²) in [6.07, 6.45) is 1.70. The largest absolute Gasteiger partial charge is 0.444 e. The second kappa shape index (κ2) is 3.42. The van der Waals surface area contributed by atoms with Crippen molar-refractivity contribution in [1.29, 1.82) is 0 Å². The van der Waals surface area contributed by atoms with Crippen molar-refractivity contribution in [1.82, 2.24) is 14.8 Å². The van der Waals surface area contributed by atoms with Gasteiger partial charge in [-0.15, -0.1) is 0 Å². The molecule has 0 aromatic carbocycles. The Hall–Kier alpha value is -1.78. The first-order chi connectivity index (χ1) is 7.08. The Morgan fingerprint density at radius 3 is 2.60 bits per heavy atom. The Kier molecular flexibility index (Phi) is 2.22. The van der Waals surface area contributed by atoms with Crippen LogP contribution in [0.5, 0.6) is 0 Å². The van der Waals surface area contributed by atoms with Gasteiger partial charge in [0.15, 0.2) is 0 Å². The van der Waals surface area contributed by atoms with Crippen molar-refractivity contribution in [2.24, 2.45) is 0 Å². The first-order valence-corrected chi connectivity index (χ1v) is 4.78. The molecule has 0 spiro atoms.